The minimum Gasteiger partial charge on any atom is -0.309 e. The molecule has 0 saturated carbocycles. The van der Waals surface area contributed by atoms with Gasteiger partial charge < -0.3 is 5.32 Å². The molecule has 1 aromatic rings. The van der Waals surface area contributed by atoms with Gasteiger partial charge in [0.2, 0.25) is 0 Å². The van der Waals surface area contributed by atoms with Crippen LogP contribution in [0.25, 0.3) is 0 Å². The summed E-state index contributed by atoms with van der Waals surface area (Å²) in [6, 6.07) is 0. The average Bonchev–Trinajstić information content (AvgIpc) is 2.31. The Labute approximate surface area is 89.8 Å². The zero-order valence-corrected chi connectivity index (χ0v) is 9.65. The molecule has 1 aromatic heterocycles. The number of rotatable bonds is 4. The lowest BCUT2D eigenvalue weighted by Crippen LogP contribution is -2.15. The van der Waals surface area contributed by atoms with E-state index in [1.807, 2.05) is 20.9 Å². The van der Waals surface area contributed by atoms with Gasteiger partial charge in [-0.15, -0.1) is 0 Å². The first-order chi connectivity index (χ1) is 6.52. The van der Waals surface area contributed by atoms with E-state index in [-0.39, 0.29) is 0 Å². The highest BCUT2D eigenvalue weighted by Gasteiger charge is 2.09. The number of aryl methyl sites for hydroxylation is 2. The highest BCUT2D eigenvalue weighted by atomic mass is 35.5. The molecule has 0 fully saturated rings. The summed E-state index contributed by atoms with van der Waals surface area (Å²) < 4.78 is 1.69. The summed E-state index contributed by atoms with van der Waals surface area (Å²) in [5, 5.41) is 8.19. The summed E-state index contributed by atoms with van der Waals surface area (Å²) in [5.74, 6) is 0. The maximum Gasteiger partial charge on any atom is 0.131 e. The zero-order chi connectivity index (χ0) is 10.7. The average molecular weight is 214 g/mol. The second kappa shape index (κ2) is 4.62. The lowest BCUT2D eigenvalue weighted by Gasteiger charge is -2.03. The zero-order valence-electron chi connectivity index (χ0n) is 8.89. The van der Waals surface area contributed by atoms with Gasteiger partial charge in [0.05, 0.1) is 5.69 Å². The molecule has 0 radical (unpaired) electrons. The number of aromatic nitrogens is 2. The molecule has 4 heteroatoms. The maximum absolute atomic E-state index is 6.07. The van der Waals surface area contributed by atoms with Crippen LogP contribution >= 0.6 is 11.6 Å². The fraction of sp³-hybridized carbons (Fsp3) is 0.500. The summed E-state index contributed by atoms with van der Waals surface area (Å²) >= 11 is 6.07. The van der Waals surface area contributed by atoms with Gasteiger partial charge in [0.15, 0.2) is 0 Å². The van der Waals surface area contributed by atoms with Crippen molar-refractivity contribution in [2.75, 3.05) is 6.54 Å². The second-order valence-corrected chi connectivity index (χ2v) is 3.90. The fourth-order valence-corrected chi connectivity index (χ4v) is 1.52. The molecule has 1 N–H and O–H groups in total. The Kier molecular flexibility index (Phi) is 3.72. The third-order valence-corrected chi connectivity index (χ3v) is 2.47. The Morgan fingerprint density at radius 1 is 1.64 bits per heavy atom. The highest BCUT2D eigenvalue weighted by molar-refractivity contribution is 6.30. The third kappa shape index (κ3) is 2.59. The van der Waals surface area contributed by atoms with E-state index in [9.17, 15) is 0 Å². The van der Waals surface area contributed by atoms with Crippen molar-refractivity contribution in [1.29, 1.82) is 0 Å². The van der Waals surface area contributed by atoms with E-state index in [0.29, 0.717) is 5.15 Å². The Morgan fingerprint density at radius 3 is 2.71 bits per heavy atom. The summed E-state index contributed by atoms with van der Waals surface area (Å²) in [4.78, 5) is 0. The quantitative estimate of drug-likeness (QED) is 0.776. The van der Waals surface area contributed by atoms with E-state index in [1.54, 1.807) is 4.68 Å². The highest BCUT2D eigenvalue weighted by Crippen LogP contribution is 2.17. The van der Waals surface area contributed by atoms with Crippen LogP contribution in [0.1, 0.15) is 18.2 Å². The SMILES string of the molecule is C=C(C)CNCc1c(C)nn(C)c1Cl. The van der Waals surface area contributed by atoms with Crippen LogP contribution in [-0.2, 0) is 13.6 Å². The van der Waals surface area contributed by atoms with E-state index in [2.05, 4.69) is 17.0 Å². The molecule has 0 aliphatic rings. The van der Waals surface area contributed by atoms with E-state index in [4.69, 9.17) is 11.6 Å². The number of hydrogen-bond acceptors (Lipinski definition) is 2. The van der Waals surface area contributed by atoms with Crippen LogP contribution in [-0.4, -0.2) is 16.3 Å². The molecule has 3 nitrogen and oxygen atoms in total. The fourth-order valence-electron chi connectivity index (χ4n) is 1.28. The topological polar surface area (TPSA) is 29.9 Å². The number of hydrogen-bond donors (Lipinski definition) is 1. The first-order valence-corrected chi connectivity index (χ1v) is 4.93. The van der Waals surface area contributed by atoms with Gasteiger partial charge in [-0.25, -0.2) is 0 Å². The van der Waals surface area contributed by atoms with Gasteiger partial charge in [-0.05, 0) is 13.8 Å². The van der Waals surface area contributed by atoms with Gasteiger partial charge in [-0.3, -0.25) is 4.68 Å². The molecule has 0 amide bonds. The molecular weight excluding hydrogens is 198 g/mol. The summed E-state index contributed by atoms with van der Waals surface area (Å²) in [7, 11) is 1.84. The maximum atomic E-state index is 6.07. The first-order valence-electron chi connectivity index (χ1n) is 4.55. The largest absolute Gasteiger partial charge is 0.309 e. The Bertz CT molecular complexity index is 341. The molecule has 1 rings (SSSR count). The summed E-state index contributed by atoms with van der Waals surface area (Å²) in [5.41, 5.74) is 3.16. The number of nitrogens with one attached hydrogen (secondary N) is 1. The van der Waals surface area contributed by atoms with Crippen LogP contribution in [0.2, 0.25) is 5.15 Å². The van der Waals surface area contributed by atoms with Gasteiger partial charge in [0, 0.05) is 25.7 Å². The summed E-state index contributed by atoms with van der Waals surface area (Å²) in [6.07, 6.45) is 0. The van der Waals surface area contributed by atoms with Crippen molar-refractivity contribution in [3.8, 4) is 0 Å². The van der Waals surface area contributed by atoms with Gasteiger partial charge in [-0.2, -0.15) is 5.10 Å². The van der Waals surface area contributed by atoms with Gasteiger partial charge in [0.25, 0.3) is 0 Å². The number of nitrogens with zero attached hydrogens (tertiary/aromatic N) is 2. The van der Waals surface area contributed by atoms with Crippen molar-refractivity contribution in [1.82, 2.24) is 15.1 Å². The van der Waals surface area contributed by atoms with Crippen molar-refractivity contribution >= 4 is 11.6 Å². The molecular formula is C10H16ClN3. The molecule has 0 saturated heterocycles. The predicted octanol–water partition coefficient (Wildman–Crippen LogP) is 2.05. The third-order valence-electron chi connectivity index (χ3n) is 2.00. The molecule has 0 atom stereocenters. The Balaban J connectivity index is 2.62. The number of halogens is 1. The predicted molar refractivity (Wildman–Crippen MR) is 59.5 cm³/mol. The lowest BCUT2D eigenvalue weighted by molar-refractivity contribution is 0.736. The van der Waals surface area contributed by atoms with Crippen molar-refractivity contribution in [3.63, 3.8) is 0 Å². The van der Waals surface area contributed by atoms with Crippen molar-refractivity contribution in [3.05, 3.63) is 28.6 Å². The molecule has 0 unspecified atom stereocenters. The van der Waals surface area contributed by atoms with Gasteiger partial charge in [-0.1, -0.05) is 23.8 Å². The van der Waals surface area contributed by atoms with Crippen LogP contribution in [0.15, 0.2) is 12.2 Å². The van der Waals surface area contributed by atoms with E-state index in [0.717, 1.165) is 29.9 Å². The van der Waals surface area contributed by atoms with Crippen LogP contribution < -0.4 is 5.32 Å². The molecule has 1 heterocycles. The van der Waals surface area contributed by atoms with Crippen LogP contribution in [0.5, 0.6) is 0 Å². The van der Waals surface area contributed by atoms with Gasteiger partial charge in [0.1, 0.15) is 5.15 Å². The van der Waals surface area contributed by atoms with E-state index < -0.39 is 0 Å². The molecule has 14 heavy (non-hydrogen) atoms. The molecule has 0 aromatic carbocycles. The smallest absolute Gasteiger partial charge is 0.131 e. The van der Waals surface area contributed by atoms with Crippen molar-refractivity contribution in [2.24, 2.45) is 7.05 Å². The second-order valence-electron chi connectivity index (χ2n) is 3.54. The minimum absolute atomic E-state index is 0.705. The van der Waals surface area contributed by atoms with Crippen molar-refractivity contribution in [2.45, 2.75) is 20.4 Å². The normalized spacial score (nSPS) is 10.6. The molecule has 78 valence electrons. The van der Waals surface area contributed by atoms with E-state index >= 15 is 0 Å². The van der Waals surface area contributed by atoms with Crippen LogP contribution in [0.4, 0.5) is 0 Å². The molecule has 0 aliphatic heterocycles. The van der Waals surface area contributed by atoms with Crippen molar-refractivity contribution < 1.29 is 0 Å². The van der Waals surface area contributed by atoms with Gasteiger partial charge >= 0.3 is 0 Å². The lowest BCUT2D eigenvalue weighted by atomic mass is 10.2. The minimum atomic E-state index is 0.705. The standard InChI is InChI=1S/C10H16ClN3/c1-7(2)5-12-6-9-8(3)13-14(4)10(9)11/h12H,1,5-6H2,2-4H3. The van der Waals surface area contributed by atoms with Crippen LogP contribution in [0.3, 0.4) is 0 Å². The first kappa shape index (κ1) is 11.3. The Morgan fingerprint density at radius 2 is 2.29 bits per heavy atom. The van der Waals surface area contributed by atoms with Crippen LogP contribution in [0, 0.1) is 6.92 Å². The molecule has 0 spiro atoms. The molecule has 0 aliphatic carbocycles. The monoisotopic (exact) mass is 213 g/mol. The summed E-state index contributed by atoms with van der Waals surface area (Å²) in [6.45, 7) is 9.32. The Hall–Kier alpha value is -0.800. The molecule has 0 bridgehead atoms. The van der Waals surface area contributed by atoms with E-state index in [1.165, 1.54) is 0 Å².